The van der Waals surface area contributed by atoms with Crippen molar-refractivity contribution in [3.63, 3.8) is 0 Å². The molecule has 0 saturated heterocycles. The number of guanidine groups is 1. The third-order valence-electron chi connectivity index (χ3n) is 3.82. The predicted molar refractivity (Wildman–Crippen MR) is 121 cm³/mol. The molecule has 0 spiro atoms. The molecule has 29 heavy (non-hydrogen) atoms. The van der Waals surface area contributed by atoms with Gasteiger partial charge >= 0.3 is 0 Å². The number of nitrogens with one attached hydrogen (secondary N) is 3. The van der Waals surface area contributed by atoms with Gasteiger partial charge in [-0.1, -0.05) is 13.0 Å². The number of carbonyl (C=O) groups excluding carboxylic acids is 1. The van der Waals surface area contributed by atoms with Gasteiger partial charge in [-0.15, -0.1) is 24.0 Å². The summed E-state index contributed by atoms with van der Waals surface area (Å²) in [4.78, 5) is 16.2. The highest BCUT2D eigenvalue weighted by Gasteiger charge is 2.10. The smallest absolute Gasteiger partial charge is 0.242 e. The van der Waals surface area contributed by atoms with E-state index < -0.39 is 0 Å². The zero-order valence-electron chi connectivity index (χ0n) is 16.6. The van der Waals surface area contributed by atoms with Gasteiger partial charge in [0.15, 0.2) is 5.96 Å². The molecule has 0 saturated carbocycles. The van der Waals surface area contributed by atoms with Crippen molar-refractivity contribution in [2.45, 2.75) is 32.9 Å². The highest BCUT2D eigenvalue weighted by molar-refractivity contribution is 14.0. The van der Waals surface area contributed by atoms with Crippen LogP contribution in [0.25, 0.3) is 0 Å². The van der Waals surface area contributed by atoms with Crippen molar-refractivity contribution >= 4 is 35.8 Å². The van der Waals surface area contributed by atoms with E-state index >= 15 is 0 Å². The lowest BCUT2D eigenvalue weighted by Gasteiger charge is -2.20. The Hall–Kier alpha value is -2.30. The SMILES string of the molecule is CCNC(=NCC(=O)NCc1ccco1)NCC(CC)Oc1cccc(F)c1.I. The topological polar surface area (TPSA) is 87.9 Å². The summed E-state index contributed by atoms with van der Waals surface area (Å²) in [6, 6.07) is 9.61. The lowest BCUT2D eigenvalue weighted by Crippen LogP contribution is -2.43. The minimum Gasteiger partial charge on any atom is -0.489 e. The number of carbonyl (C=O) groups is 1. The summed E-state index contributed by atoms with van der Waals surface area (Å²) in [6.45, 7) is 5.35. The summed E-state index contributed by atoms with van der Waals surface area (Å²) < 4.78 is 24.3. The molecule has 1 amide bonds. The lowest BCUT2D eigenvalue weighted by molar-refractivity contribution is -0.119. The molecule has 9 heteroatoms. The summed E-state index contributed by atoms with van der Waals surface area (Å²) >= 11 is 0. The van der Waals surface area contributed by atoms with Gasteiger partial charge in [-0.2, -0.15) is 0 Å². The molecule has 7 nitrogen and oxygen atoms in total. The average Bonchev–Trinajstić information content (AvgIpc) is 3.21. The molecule has 1 heterocycles. The third-order valence-corrected chi connectivity index (χ3v) is 3.82. The standard InChI is InChI=1S/C20H27FN4O3.HI/c1-3-16(28-17-8-5-7-15(21)11-17)12-24-20(22-4-2)25-14-19(26)23-13-18-9-6-10-27-18;/h5-11,16H,3-4,12-14H2,1-2H3,(H,23,26)(H2,22,24,25);1H. The first kappa shape index (κ1) is 24.7. The lowest BCUT2D eigenvalue weighted by atomic mass is 10.2. The van der Waals surface area contributed by atoms with Crippen LogP contribution >= 0.6 is 24.0 Å². The van der Waals surface area contributed by atoms with Crippen molar-refractivity contribution in [1.29, 1.82) is 0 Å². The fourth-order valence-corrected chi connectivity index (χ4v) is 2.36. The monoisotopic (exact) mass is 518 g/mol. The summed E-state index contributed by atoms with van der Waals surface area (Å²) in [5.41, 5.74) is 0. The molecule has 1 unspecified atom stereocenters. The molecular weight excluding hydrogens is 490 g/mol. The van der Waals surface area contributed by atoms with Crippen LogP contribution in [0.4, 0.5) is 4.39 Å². The van der Waals surface area contributed by atoms with Crippen LogP contribution in [0.2, 0.25) is 0 Å². The Morgan fingerprint density at radius 2 is 2.03 bits per heavy atom. The number of hydrogen-bond donors (Lipinski definition) is 3. The van der Waals surface area contributed by atoms with Crippen molar-refractivity contribution < 1.29 is 18.3 Å². The fourth-order valence-electron chi connectivity index (χ4n) is 2.36. The third kappa shape index (κ3) is 9.64. The first-order chi connectivity index (χ1) is 13.6. The van der Waals surface area contributed by atoms with E-state index in [1.54, 1.807) is 30.5 Å². The maximum atomic E-state index is 13.3. The summed E-state index contributed by atoms with van der Waals surface area (Å²) in [6.07, 6.45) is 2.12. The minimum absolute atomic E-state index is 0. The first-order valence-electron chi connectivity index (χ1n) is 9.34. The van der Waals surface area contributed by atoms with Crippen LogP contribution < -0.4 is 20.7 Å². The second-order valence-corrected chi connectivity index (χ2v) is 6.04. The number of rotatable bonds is 10. The molecule has 0 bridgehead atoms. The Balaban J connectivity index is 0.00000420. The van der Waals surface area contributed by atoms with Crippen molar-refractivity contribution in [3.05, 3.63) is 54.2 Å². The molecule has 3 N–H and O–H groups in total. The maximum absolute atomic E-state index is 13.3. The van der Waals surface area contributed by atoms with Gasteiger partial charge in [0.05, 0.1) is 19.4 Å². The van der Waals surface area contributed by atoms with E-state index in [9.17, 15) is 9.18 Å². The molecule has 1 aromatic carbocycles. The van der Waals surface area contributed by atoms with E-state index in [2.05, 4.69) is 20.9 Å². The molecule has 0 aliphatic rings. The van der Waals surface area contributed by atoms with E-state index in [-0.39, 0.29) is 48.3 Å². The van der Waals surface area contributed by atoms with E-state index in [1.165, 1.54) is 12.1 Å². The summed E-state index contributed by atoms with van der Waals surface area (Å²) in [7, 11) is 0. The largest absolute Gasteiger partial charge is 0.489 e. The van der Waals surface area contributed by atoms with Gasteiger partial charge in [0.1, 0.15) is 30.0 Å². The number of aliphatic imine (C=N–C) groups is 1. The maximum Gasteiger partial charge on any atom is 0.242 e. The number of amides is 1. The van der Waals surface area contributed by atoms with Crippen LogP contribution in [0.5, 0.6) is 5.75 Å². The van der Waals surface area contributed by atoms with Gasteiger partial charge in [0.25, 0.3) is 0 Å². The summed E-state index contributed by atoms with van der Waals surface area (Å²) in [5, 5.41) is 8.98. The zero-order valence-corrected chi connectivity index (χ0v) is 18.9. The molecule has 0 radical (unpaired) electrons. The number of ether oxygens (including phenoxy) is 1. The van der Waals surface area contributed by atoms with Crippen molar-refractivity contribution in [2.24, 2.45) is 4.99 Å². The number of benzene rings is 1. The van der Waals surface area contributed by atoms with Crippen LogP contribution in [0.15, 0.2) is 52.1 Å². The van der Waals surface area contributed by atoms with Gasteiger partial charge in [-0.05, 0) is 37.6 Å². The quantitative estimate of drug-likeness (QED) is 0.256. The van der Waals surface area contributed by atoms with Crippen LogP contribution in [0, 0.1) is 5.82 Å². The second kappa shape index (κ2) is 13.8. The molecular formula is C20H28FIN4O3. The van der Waals surface area contributed by atoms with E-state index in [0.717, 1.165) is 6.42 Å². The first-order valence-corrected chi connectivity index (χ1v) is 9.34. The number of halogens is 2. The average molecular weight is 518 g/mol. The van der Waals surface area contributed by atoms with Gasteiger partial charge in [-0.3, -0.25) is 4.79 Å². The minimum atomic E-state index is -0.337. The molecule has 2 aromatic rings. The Bertz CT molecular complexity index is 756. The van der Waals surface area contributed by atoms with Crippen LogP contribution in [0.1, 0.15) is 26.0 Å². The van der Waals surface area contributed by atoms with E-state index in [1.807, 2.05) is 13.8 Å². The molecule has 1 atom stereocenters. The molecule has 0 fully saturated rings. The molecule has 2 rings (SSSR count). The molecule has 0 aliphatic carbocycles. The van der Waals surface area contributed by atoms with Gasteiger partial charge in [-0.25, -0.2) is 9.38 Å². The second-order valence-electron chi connectivity index (χ2n) is 6.04. The van der Waals surface area contributed by atoms with Crippen molar-refractivity contribution in [3.8, 4) is 5.75 Å². The highest BCUT2D eigenvalue weighted by Crippen LogP contribution is 2.14. The predicted octanol–water partition coefficient (Wildman–Crippen LogP) is 3.07. The van der Waals surface area contributed by atoms with Crippen LogP contribution in [-0.2, 0) is 11.3 Å². The van der Waals surface area contributed by atoms with Crippen molar-refractivity contribution in [2.75, 3.05) is 19.6 Å². The van der Waals surface area contributed by atoms with Crippen molar-refractivity contribution in [1.82, 2.24) is 16.0 Å². The number of furan rings is 1. The summed E-state index contributed by atoms with van der Waals surface area (Å²) in [5.74, 6) is 1.12. The molecule has 160 valence electrons. The Morgan fingerprint density at radius 1 is 1.21 bits per heavy atom. The van der Waals surface area contributed by atoms with E-state index in [0.29, 0.717) is 37.1 Å². The molecule has 1 aromatic heterocycles. The van der Waals surface area contributed by atoms with E-state index in [4.69, 9.17) is 9.15 Å². The zero-order chi connectivity index (χ0) is 20.2. The highest BCUT2D eigenvalue weighted by atomic mass is 127. The van der Waals surface area contributed by atoms with Gasteiger partial charge < -0.3 is 25.1 Å². The Labute approximate surface area is 187 Å². The van der Waals surface area contributed by atoms with Gasteiger partial charge in [0, 0.05) is 12.6 Å². The normalized spacial score (nSPS) is 11.9. The van der Waals surface area contributed by atoms with Crippen LogP contribution in [0.3, 0.4) is 0 Å². The Kier molecular flexibility index (Phi) is 11.8. The van der Waals surface area contributed by atoms with Gasteiger partial charge in [0.2, 0.25) is 5.91 Å². The fraction of sp³-hybridized carbons (Fsp3) is 0.400. The number of nitrogens with zero attached hydrogens (tertiary/aromatic N) is 1. The number of hydrogen-bond acceptors (Lipinski definition) is 4. The molecule has 0 aliphatic heterocycles. The Morgan fingerprint density at radius 3 is 2.69 bits per heavy atom. The van der Waals surface area contributed by atoms with Crippen LogP contribution in [-0.4, -0.2) is 37.6 Å².